The lowest BCUT2D eigenvalue weighted by Gasteiger charge is -2.14. The number of hydrogen-bond donors (Lipinski definition) is 1. The van der Waals surface area contributed by atoms with Crippen molar-refractivity contribution in [1.29, 1.82) is 0 Å². The Kier molecular flexibility index (Phi) is 6.06. The van der Waals surface area contributed by atoms with Crippen molar-refractivity contribution in [3.8, 4) is 5.75 Å². The maximum absolute atomic E-state index is 5.93. The van der Waals surface area contributed by atoms with Gasteiger partial charge >= 0.3 is 0 Å². The highest BCUT2D eigenvalue weighted by Crippen LogP contribution is 2.23. The van der Waals surface area contributed by atoms with Crippen LogP contribution in [0.2, 0.25) is 0 Å². The fraction of sp³-hybridized carbons (Fsp3) is 0.600. The van der Waals surface area contributed by atoms with Crippen LogP contribution in [0.4, 0.5) is 0 Å². The Morgan fingerprint density at radius 3 is 2.71 bits per heavy atom. The Hall–Kier alpha value is -1.02. The van der Waals surface area contributed by atoms with Crippen molar-refractivity contribution in [2.75, 3.05) is 13.7 Å². The zero-order valence-electron chi connectivity index (χ0n) is 11.5. The molecule has 2 nitrogen and oxygen atoms in total. The maximum atomic E-state index is 5.93. The molecule has 0 fully saturated rings. The smallest absolute Gasteiger partial charge is 0.126 e. The van der Waals surface area contributed by atoms with E-state index in [-0.39, 0.29) is 0 Å². The minimum atomic E-state index is 0.757. The van der Waals surface area contributed by atoms with Gasteiger partial charge in [0.2, 0.25) is 0 Å². The van der Waals surface area contributed by atoms with Gasteiger partial charge in [-0.2, -0.15) is 0 Å². The van der Waals surface area contributed by atoms with Gasteiger partial charge in [-0.1, -0.05) is 32.0 Å². The summed E-state index contributed by atoms with van der Waals surface area (Å²) in [4.78, 5) is 0. The van der Waals surface area contributed by atoms with Gasteiger partial charge in [0.05, 0.1) is 6.61 Å². The van der Waals surface area contributed by atoms with Crippen LogP contribution >= 0.6 is 0 Å². The molecule has 0 bridgehead atoms. The van der Waals surface area contributed by atoms with Crippen LogP contribution in [0.25, 0.3) is 0 Å². The molecule has 1 aromatic rings. The molecule has 0 unspecified atom stereocenters. The summed E-state index contributed by atoms with van der Waals surface area (Å²) in [5.74, 6) is 1.82. The quantitative estimate of drug-likeness (QED) is 0.730. The summed E-state index contributed by atoms with van der Waals surface area (Å²) < 4.78 is 5.93. The van der Waals surface area contributed by atoms with Crippen LogP contribution < -0.4 is 10.1 Å². The van der Waals surface area contributed by atoms with E-state index in [1.165, 1.54) is 17.5 Å². The molecule has 0 atom stereocenters. The van der Waals surface area contributed by atoms with Gasteiger partial charge in [-0.05, 0) is 38.3 Å². The van der Waals surface area contributed by atoms with E-state index in [1.54, 1.807) is 0 Å². The predicted octanol–water partition coefficient (Wildman–Crippen LogP) is 3.53. The molecule has 0 spiro atoms. The van der Waals surface area contributed by atoms with E-state index in [0.29, 0.717) is 0 Å². The van der Waals surface area contributed by atoms with E-state index >= 15 is 0 Å². The van der Waals surface area contributed by atoms with E-state index in [2.05, 4.69) is 44.3 Å². The van der Waals surface area contributed by atoms with E-state index in [0.717, 1.165) is 31.2 Å². The lowest BCUT2D eigenvalue weighted by Crippen LogP contribution is -2.09. The maximum Gasteiger partial charge on any atom is 0.126 e. The molecule has 2 heteroatoms. The Balaban J connectivity index is 2.56. The monoisotopic (exact) mass is 235 g/mol. The van der Waals surface area contributed by atoms with Gasteiger partial charge in [0.1, 0.15) is 5.75 Å². The van der Waals surface area contributed by atoms with Gasteiger partial charge in [0, 0.05) is 12.1 Å². The first-order chi connectivity index (χ1) is 8.15. The van der Waals surface area contributed by atoms with E-state index < -0.39 is 0 Å². The third kappa shape index (κ3) is 4.78. The zero-order chi connectivity index (χ0) is 12.7. The highest BCUT2D eigenvalue weighted by atomic mass is 16.5. The molecule has 17 heavy (non-hydrogen) atoms. The number of hydrogen-bond acceptors (Lipinski definition) is 2. The number of para-hydroxylation sites is 1. The molecule has 0 aliphatic carbocycles. The first-order valence-electron chi connectivity index (χ1n) is 6.51. The Morgan fingerprint density at radius 1 is 1.29 bits per heavy atom. The summed E-state index contributed by atoms with van der Waals surface area (Å²) in [5.41, 5.74) is 2.47. The van der Waals surface area contributed by atoms with Gasteiger partial charge in [0.15, 0.2) is 0 Å². The molecule has 0 radical (unpaired) electrons. The highest BCUT2D eigenvalue weighted by Gasteiger charge is 2.06. The minimum Gasteiger partial charge on any atom is -0.493 e. The lowest BCUT2D eigenvalue weighted by molar-refractivity contribution is 0.292. The summed E-state index contributed by atoms with van der Waals surface area (Å²) >= 11 is 0. The van der Waals surface area contributed by atoms with Crippen molar-refractivity contribution in [1.82, 2.24) is 5.32 Å². The predicted molar refractivity (Wildman–Crippen MR) is 73.5 cm³/mol. The molecule has 1 N–H and O–H groups in total. The topological polar surface area (TPSA) is 21.3 Å². The van der Waals surface area contributed by atoms with Crippen molar-refractivity contribution in [3.63, 3.8) is 0 Å². The Bertz CT molecular complexity index is 334. The first-order valence-corrected chi connectivity index (χ1v) is 6.51. The molecule has 1 aromatic carbocycles. The van der Waals surface area contributed by atoms with Gasteiger partial charge in [-0.15, -0.1) is 0 Å². The van der Waals surface area contributed by atoms with Crippen LogP contribution in [0, 0.1) is 12.8 Å². The van der Waals surface area contributed by atoms with Gasteiger partial charge in [-0.3, -0.25) is 0 Å². The summed E-state index contributed by atoms with van der Waals surface area (Å²) in [6.07, 6.45) is 2.36. The Morgan fingerprint density at radius 2 is 2.06 bits per heavy atom. The second-order valence-corrected chi connectivity index (χ2v) is 4.98. The van der Waals surface area contributed by atoms with Crippen LogP contribution in [-0.2, 0) is 6.54 Å². The van der Waals surface area contributed by atoms with Crippen LogP contribution in [-0.4, -0.2) is 13.7 Å². The second-order valence-electron chi connectivity index (χ2n) is 4.98. The third-order valence-electron chi connectivity index (χ3n) is 2.83. The molecule has 0 aromatic heterocycles. The zero-order valence-corrected chi connectivity index (χ0v) is 11.5. The Labute approximate surface area is 105 Å². The highest BCUT2D eigenvalue weighted by molar-refractivity contribution is 5.40. The van der Waals surface area contributed by atoms with Crippen molar-refractivity contribution in [3.05, 3.63) is 29.3 Å². The van der Waals surface area contributed by atoms with Crippen LogP contribution in [0.5, 0.6) is 5.75 Å². The molecule has 96 valence electrons. The van der Waals surface area contributed by atoms with Gasteiger partial charge in [-0.25, -0.2) is 0 Å². The van der Waals surface area contributed by atoms with Crippen LogP contribution in [0.3, 0.4) is 0 Å². The van der Waals surface area contributed by atoms with Crippen molar-refractivity contribution in [2.24, 2.45) is 5.92 Å². The minimum absolute atomic E-state index is 0.757. The van der Waals surface area contributed by atoms with Crippen molar-refractivity contribution < 1.29 is 4.74 Å². The number of rotatable bonds is 7. The van der Waals surface area contributed by atoms with Crippen LogP contribution in [0.15, 0.2) is 18.2 Å². The van der Waals surface area contributed by atoms with Gasteiger partial charge < -0.3 is 10.1 Å². The average molecular weight is 235 g/mol. The molecule has 0 amide bonds. The molecular formula is C15H25NO. The van der Waals surface area contributed by atoms with Crippen molar-refractivity contribution >= 4 is 0 Å². The van der Waals surface area contributed by atoms with E-state index in [1.807, 2.05) is 7.05 Å². The third-order valence-corrected chi connectivity index (χ3v) is 2.83. The number of nitrogens with one attached hydrogen (secondary N) is 1. The first kappa shape index (κ1) is 14.0. The second kappa shape index (κ2) is 7.33. The molecule has 0 heterocycles. The fourth-order valence-electron chi connectivity index (χ4n) is 1.92. The summed E-state index contributed by atoms with van der Waals surface area (Å²) in [6, 6.07) is 6.32. The molecule has 0 saturated heterocycles. The molecule has 1 rings (SSSR count). The molecule has 0 saturated carbocycles. The number of aryl methyl sites for hydroxylation is 1. The largest absolute Gasteiger partial charge is 0.493 e. The van der Waals surface area contributed by atoms with Crippen LogP contribution in [0.1, 0.15) is 37.8 Å². The fourth-order valence-corrected chi connectivity index (χ4v) is 1.92. The normalized spacial score (nSPS) is 10.9. The molecule has 0 aliphatic rings. The standard InChI is InChI=1S/C15H25NO/c1-12(2)7-6-10-17-15-13(3)8-5-9-14(15)11-16-4/h5,8-9,12,16H,6-7,10-11H2,1-4H3. The van der Waals surface area contributed by atoms with E-state index in [4.69, 9.17) is 4.74 Å². The van der Waals surface area contributed by atoms with E-state index in [9.17, 15) is 0 Å². The lowest BCUT2D eigenvalue weighted by atomic mass is 10.1. The number of ether oxygens (including phenoxy) is 1. The molecular weight excluding hydrogens is 210 g/mol. The average Bonchev–Trinajstić information content (AvgIpc) is 2.27. The summed E-state index contributed by atoms with van der Waals surface area (Å²) in [6.45, 7) is 8.29. The molecule has 0 aliphatic heterocycles. The summed E-state index contributed by atoms with van der Waals surface area (Å²) in [7, 11) is 1.96. The van der Waals surface area contributed by atoms with Crippen molar-refractivity contribution in [2.45, 2.75) is 40.2 Å². The van der Waals surface area contributed by atoms with Gasteiger partial charge in [0.25, 0.3) is 0 Å². The summed E-state index contributed by atoms with van der Waals surface area (Å²) in [5, 5.41) is 3.18. The SMILES string of the molecule is CNCc1cccc(C)c1OCCCC(C)C. The number of benzene rings is 1.